The van der Waals surface area contributed by atoms with Gasteiger partial charge in [0.05, 0.1) is 0 Å². The smallest absolute Gasteiger partial charge is 0.123 e. The summed E-state index contributed by atoms with van der Waals surface area (Å²) in [7, 11) is 0. The number of rotatable bonds is 4. The number of allylic oxidation sites excluding steroid dienone is 1. The van der Waals surface area contributed by atoms with Crippen molar-refractivity contribution in [2.75, 3.05) is 0 Å². The predicted octanol–water partition coefficient (Wildman–Crippen LogP) is 4.24. The van der Waals surface area contributed by atoms with Crippen molar-refractivity contribution in [2.45, 2.75) is 44.6 Å². The van der Waals surface area contributed by atoms with Crippen molar-refractivity contribution in [2.24, 2.45) is 5.73 Å². The summed E-state index contributed by atoms with van der Waals surface area (Å²) in [6.07, 6.45) is 8.71. The predicted molar refractivity (Wildman–Crippen MR) is 74.3 cm³/mol. The Morgan fingerprint density at radius 1 is 1.28 bits per heavy atom. The monoisotopic (exact) mass is 267 g/mol. The van der Waals surface area contributed by atoms with Crippen molar-refractivity contribution in [1.82, 2.24) is 0 Å². The lowest BCUT2D eigenvalue weighted by Gasteiger charge is -2.18. The van der Waals surface area contributed by atoms with Crippen LogP contribution >= 0.6 is 11.6 Å². The highest BCUT2D eigenvalue weighted by Crippen LogP contribution is 2.24. The molecule has 0 bridgehead atoms. The second-order valence-corrected chi connectivity index (χ2v) is 5.42. The van der Waals surface area contributed by atoms with E-state index in [-0.39, 0.29) is 11.9 Å². The first-order valence-corrected chi connectivity index (χ1v) is 6.90. The lowest BCUT2D eigenvalue weighted by atomic mass is 9.92. The number of hydrogen-bond donors (Lipinski definition) is 1. The Morgan fingerprint density at radius 3 is 2.83 bits per heavy atom. The molecule has 0 aromatic heterocycles. The van der Waals surface area contributed by atoms with E-state index in [9.17, 15) is 4.39 Å². The molecule has 3 heteroatoms. The highest BCUT2D eigenvalue weighted by molar-refractivity contribution is 6.31. The van der Waals surface area contributed by atoms with E-state index in [1.165, 1.54) is 37.0 Å². The third kappa shape index (κ3) is 3.82. The van der Waals surface area contributed by atoms with E-state index in [0.29, 0.717) is 11.4 Å². The Balaban J connectivity index is 1.96. The molecule has 1 aromatic rings. The molecular formula is C15H19ClFN. The molecule has 1 aliphatic rings. The standard InChI is InChI=1S/C15H19ClFN/c16-15-7-6-13(17)9-12(15)10-14(18)8-11-4-2-1-3-5-11/h4,6-7,9,14H,1-3,5,8,10,18H2. The van der Waals surface area contributed by atoms with Crippen LogP contribution < -0.4 is 5.73 Å². The number of benzene rings is 1. The lowest BCUT2D eigenvalue weighted by Crippen LogP contribution is -2.24. The average molecular weight is 268 g/mol. The van der Waals surface area contributed by atoms with Gasteiger partial charge in [-0.3, -0.25) is 0 Å². The quantitative estimate of drug-likeness (QED) is 0.812. The molecule has 1 unspecified atom stereocenters. The number of nitrogens with two attached hydrogens (primary N) is 1. The zero-order valence-corrected chi connectivity index (χ0v) is 11.2. The maximum Gasteiger partial charge on any atom is 0.123 e. The Morgan fingerprint density at radius 2 is 2.11 bits per heavy atom. The van der Waals surface area contributed by atoms with Gasteiger partial charge in [-0.05, 0) is 62.3 Å². The van der Waals surface area contributed by atoms with Crippen LogP contribution in [0.4, 0.5) is 4.39 Å². The molecule has 0 aliphatic heterocycles. The molecule has 0 spiro atoms. The number of hydrogen-bond acceptors (Lipinski definition) is 1. The number of halogens is 2. The fourth-order valence-corrected chi connectivity index (χ4v) is 2.68. The van der Waals surface area contributed by atoms with Crippen LogP contribution in [0.5, 0.6) is 0 Å². The van der Waals surface area contributed by atoms with E-state index < -0.39 is 0 Å². The van der Waals surface area contributed by atoms with Gasteiger partial charge >= 0.3 is 0 Å². The summed E-state index contributed by atoms with van der Waals surface area (Å²) in [6.45, 7) is 0. The van der Waals surface area contributed by atoms with Gasteiger partial charge in [-0.15, -0.1) is 0 Å². The van der Waals surface area contributed by atoms with E-state index in [0.717, 1.165) is 18.4 Å². The zero-order valence-electron chi connectivity index (χ0n) is 10.5. The second-order valence-electron chi connectivity index (χ2n) is 5.01. The van der Waals surface area contributed by atoms with Crippen LogP contribution in [0, 0.1) is 5.82 Å². The normalized spacial score (nSPS) is 17.4. The van der Waals surface area contributed by atoms with Crippen LogP contribution in [0.2, 0.25) is 5.02 Å². The molecule has 1 aromatic carbocycles. The molecule has 0 fully saturated rings. The largest absolute Gasteiger partial charge is 0.327 e. The maximum atomic E-state index is 13.1. The molecule has 0 heterocycles. The van der Waals surface area contributed by atoms with Gasteiger partial charge in [0.2, 0.25) is 0 Å². The van der Waals surface area contributed by atoms with Crippen LogP contribution in [-0.4, -0.2) is 6.04 Å². The molecule has 0 amide bonds. The third-order valence-corrected chi connectivity index (χ3v) is 3.77. The zero-order chi connectivity index (χ0) is 13.0. The van der Waals surface area contributed by atoms with Gasteiger partial charge in [-0.1, -0.05) is 23.3 Å². The minimum atomic E-state index is -0.251. The van der Waals surface area contributed by atoms with Crippen molar-refractivity contribution in [3.8, 4) is 0 Å². The minimum absolute atomic E-state index is 0.0219. The van der Waals surface area contributed by atoms with Gasteiger partial charge in [0.1, 0.15) is 5.82 Å². The first-order valence-electron chi connectivity index (χ1n) is 6.52. The summed E-state index contributed by atoms with van der Waals surface area (Å²) in [6, 6.07) is 4.48. The van der Waals surface area contributed by atoms with E-state index in [4.69, 9.17) is 17.3 Å². The summed E-state index contributed by atoms with van der Waals surface area (Å²) < 4.78 is 13.1. The first-order chi connectivity index (χ1) is 8.65. The molecule has 18 heavy (non-hydrogen) atoms. The molecule has 2 rings (SSSR count). The average Bonchev–Trinajstić information content (AvgIpc) is 2.35. The topological polar surface area (TPSA) is 26.0 Å². The van der Waals surface area contributed by atoms with Crippen LogP contribution in [0.15, 0.2) is 29.8 Å². The van der Waals surface area contributed by atoms with Crippen molar-refractivity contribution < 1.29 is 4.39 Å². The van der Waals surface area contributed by atoms with Crippen LogP contribution in [0.25, 0.3) is 0 Å². The van der Waals surface area contributed by atoms with Gasteiger partial charge in [0.25, 0.3) is 0 Å². The van der Waals surface area contributed by atoms with Crippen LogP contribution in [0.3, 0.4) is 0 Å². The summed E-state index contributed by atoms with van der Waals surface area (Å²) in [5, 5.41) is 0.601. The summed E-state index contributed by atoms with van der Waals surface area (Å²) in [5.41, 5.74) is 8.39. The Kier molecular flexibility index (Phi) is 4.79. The molecule has 0 radical (unpaired) electrons. The SMILES string of the molecule is NC(CC1=CCCCC1)Cc1cc(F)ccc1Cl. The van der Waals surface area contributed by atoms with Gasteiger partial charge in [-0.25, -0.2) is 4.39 Å². The fraction of sp³-hybridized carbons (Fsp3) is 0.467. The van der Waals surface area contributed by atoms with Crippen LogP contribution in [-0.2, 0) is 6.42 Å². The van der Waals surface area contributed by atoms with Gasteiger partial charge < -0.3 is 5.73 Å². The molecule has 0 saturated carbocycles. The maximum absolute atomic E-state index is 13.1. The molecule has 1 aliphatic carbocycles. The second kappa shape index (κ2) is 6.35. The highest BCUT2D eigenvalue weighted by atomic mass is 35.5. The molecule has 1 atom stereocenters. The molecule has 2 N–H and O–H groups in total. The van der Waals surface area contributed by atoms with Gasteiger partial charge in [0, 0.05) is 11.1 Å². The van der Waals surface area contributed by atoms with Gasteiger partial charge in [-0.2, -0.15) is 0 Å². The summed E-state index contributed by atoms with van der Waals surface area (Å²) in [4.78, 5) is 0. The summed E-state index contributed by atoms with van der Waals surface area (Å²) >= 11 is 6.05. The van der Waals surface area contributed by atoms with Crippen molar-refractivity contribution >= 4 is 11.6 Å². The summed E-state index contributed by atoms with van der Waals surface area (Å²) in [5.74, 6) is -0.251. The minimum Gasteiger partial charge on any atom is -0.327 e. The van der Waals surface area contributed by atoms with Gasteiger partial charge in [0.15, 0.2) is 0 Å². The van der Waals surface area contributed by atoms with E-state index in [1.807, 2.05) is 0 Å². The molecule has 1 nitrogen and oxygen atoms in total. The highest BCUT2D eigenvalue weighted by Gasteiger charge is 2.12. The van der Waals surface area contributed by atoms with E-state index in [2.05, 4.69) is 6.08 Å². The molecule has 98 valence electrons. The Bertz CT molecular complexity index is 442. The fourth-order valence-electron chi connectivity index (χ4n) is 2.48. The van der Waals surface area contributed by atoms with E-state index in [1.54, 1.807) is 6.07 Å². The lowest BCUT2D eigenvalue weighted by molar-refractivity contribution is 0.598. The van der Waals surface area contributed by atoms with Crippen molar-refractivity contribution in [3.63, 3.8) is 0 Å². The Labute approximate surface area is 113 Å². The van der Waals surface area contributed by atoms with Crippen LogP contribution in [0.1, 0.15) is 37.7 Å². The third-order valence-electron chi connectivity index (χ3n) is 3.40. The van der Waals surface area contributed by atoms with E-state index >= 15 is 0 Å². The van der Waals surface area contributed by atoms with Crippen molar-refractivity contribution in [1.29, 1.82) is 0 Å². The Hall–Kier alpha value is -0.860. The molecular weight excluding hydrogens is 249 g/mol. The first kappa shape index (κ1) is 13.6. The van der Waals surface area contributed by atoms with Crippen molar-refractivity contribution in [3.05, 3.63) is 46.3 Å². The molecule has 0 saturated heterocycles.